The third-order valence-corrected chi connectivity index (χ3v) is 5.18. The van der Waals surface area contributed by atoms with Gasteiger partial charge in [-0.1, -0.05) is 25.8 Å². The minimum absolute atomic E-state index is 0.119. The van der Waals surface area contributed by atoms with Crippen LogP contribution in [-0.4, -0.2) is 55.7 Å². The molecule has 0 amide bonds. The lowest BCUT2D eigenvalue weighted by Gasteiger charge is -2.16. The van der Waals surface area contributed by atoms with Crippen molar-refractivity contribution in [2.24, 2.45) is 0 Å². The van der Waals surface area contributed by atoms with E-state index in [9.17, 15) is 13.6 Å². The zero-order chi connectivity index (χ0) is 25.0. The van der Waals surface area contributed by atoms with Crippen molar-refractivity contribution in [3.63, 3.8) is 0 Å². The van der Waals surface area contributed by atoms with E-state index in [4.69, 9.17) is 19.9 Å². The Balaban J connectivity index is 2.00. The monoisotopic (exact) mass is 480 g/mol. The number of nitrogen functional groups attached to an aromatic ring is 1. The number of alkyl halides is 2. The average molecular weight is 481 g/mol. The maximum atomic E-state index is 12.9. The molecule has 2 rings (SSSR count). The lowest BCUT2D eigenvalue weighted by atomic mass is 10.0. The topological polar surface area (TPSA) is 109 Å². The van der Waals surface area contributed by atoms with Crippen LogP contribution in [0, 0.1) is 6.92 Å². The van der Waals surface area contributed by atoms with Gasteiger partial charge in [0.05, 0.1) is 20.3 Å². The van der Waals surface area contributed by atoms with Crippen molar-refractivity contribution in [2.45, 2.75) is 51.9 Å². The first-order valence-electron chi connectivity index (χ1n) is 11.4. The van der Waals surface area contributed by atoms with Crippen LogP contribution in [0.3, 0.4) is 0 Å². The summed E-state index contributed by atoms with van der Waals surface area (Å²) in [4.78, 5) is 18.9. The summed E-state index contributed by atoms with van der Waals surface area (Å²) >= 11 is 0. The molecule has 0 fully saturated rings. The number of benzene rings is 1. The quantitative estimate of drug-likeness (QED) is 0.272. The van der Waals surface area contributed by atoms with E-state index in [0.717, 1.165) is 48.4 Å². The molecule has 0 radical (unpaired) electrons. The number of aromatic nitrogens is 2. The van der Waals surface area contributed by atoms with Gasteiger partial charge >= 0.3 is 5.92 Å². The molecule has 0 unspecified atom stereocenters. The molecule has 34 heavy (non-hydrogen) atoms. The van der Waals surface area contributed by atoms with Crippen LogP contribution in [0.4, 0.5) is 20.5 Å². The summed E-state index contributed by atoms with van der Waals surface area (Å²) in [6.45, 7) is 4.92. The predicted molar refractivity (Wildman–Crippen MR) is 127 cm³/mol. The SMILES string of the molecule is CCCCCNc1nc(N)nc(C)c1Cc1ccc(OCCOCCC(F)(F)C=O)cc1OC. The van der Waals surface area contributed by atoms with Gasteiger partial charge in [-0.3, -0.25) is 4.79 Å². The molecule has 0 bridgehead atoms. The molecule has 1 heterocycles. The minimum atomic E-state index is -3.36. The van der Waals surface area contributed by atoms with Gasteiger partial charge in [-0.25, -0.2) is 4.98 Å². The number of aryl methyl sites for hydroxylation is 1. The highest BCUT2D eigenvalue weighted by Gasteiger charge is 2.27. The number of rotatable bonds is 16. The van der Waals surface area contributed by atoms with E-state index in [0.29, 0.717) is 17.9 Å². The summed E-state index contributed by atoms with van der Waals surface area (Å²) in [5, 5.41) is 3.38. The largest absolute Gasteiger partial charge is 0.496 e. The Labute approximate surface area is 199 Å². The fourth-order valence-corrected chi connectivity index (χ4v) is 3.30. The first kappa shape index (κ1) is 27.2. The fraction of sp³-hybridized carbons (Fsp3) is 0.542. The van der Waals surface area contributed by atoms with Crippen molar-refractivity contribution in [2.75, 3.05) is 44.5 Å². The normalized spacial score (nSPS) is 11.3. The first-order valence-corrected chi connectivity index (χ1v) is 11.4. The van der Waals surface area contributed by atoms with Crippen LogP contribution in [-0.2, 0) is 16.0 Å². The third-order valence-electron chi connectivity index (χ3n) is 5.18. The number of ether oxygens (including phenoxy) is 3. The maximum absolute atomic E-state index is 12.9. The van der Waals surface area contributed by atoms with Gasteiger partial charge in [0.2, 0.25) is 5.95 Å². The van der Waals surface area contributed by atoms with Gasteiger partial charge < -0.3 is 25.3 Å². The second kappa shape index (κ2) is 13.6. The highest BCUT2D eigenvalue weighted by molar-refractivity contribution is 5.59. The Bertz CT molecular complexity index is 928. The van der Waals surface area contributed by atoms with Gasteiger partial charge in [-0.2, -0.15) is 13.8 Å². The Morgan fingerprint density at radius 3 is 2.68 bits per heavy atom. The zero-order valence-electron chi connectivity index (χ0n) is 20.0. The minimum Gasteiger partial charge on any atom is -0.496 e. The van der Waals surface area contributed by atoms with Crippen LogP contribution < -0.4 is 20.5 Å². The van der Waals surface area contributed by atoms with Gasteiger partial charge in [-0.05, 0) is 25.0 Å². The third kappa shape index (κ3) is 8.74. The summed E-state index contributed by atoms with van der Waals surface area (Å²) < 4.78 is 42.0. The number of nitrogens with one attached hydrogen (secondary N) is 1. The molecule has 0 atom stereocenters. The van der Waals surface area contributed by atoms with Crippen molar-refractivity contribution < 1.29 is 27.8 Å². The van der Waals surface area contributed by atoms with Crippen LogP contribution in [0.25, 0.3) is 0 Å². The van der Waals surface area contributed by atoms with Gasteiger partial charge in [0.15, 0.2) is 6.29 Å². The number of nitrogens with zero attached hydrogens (tertiary/aromatic N) is 2. The number of hydrogen-bond acceptors (Lipinski definition) is 8. The Kier molecular flexibility index (Phi) is 10.9. The lowest BCUT2D eigenvalue weighted by Crippen LogP contribution is -2.21. The molecule has 10 heteroatoms. The van der Waals surface area contributed by atoms with Gasteiger partial charge in [0.25, 0.3) is 0 Å². The highest BCUT2D eigenvalue weighted by atomic mass is 19.3. The molecule has 1 aromatic heterocycles. The highest BCUT2D eigenvalue weighted by Crippen LogP contribution is 2.30. The molecule has 0 saturated heterocycles. The van der Waals surface area contributed by atoms with Gasteiger partial charge in [0, 0.05) is 36.7 Å². The second-order valence-electron chi connectivity index (χ2n) is 7.87. The van der Waals surface area contributed by atoms with Crippen LogP contribution in [0.5, 0.6) is 11.5 Å². The van der Waals surface area contributed by atoms with Crippen LogP contribution in [0.2, 0.25) is 0 Å². The molecular formula is C24H34F2N4O4. The smallest absolute Gasteiger partial charge is 0.304 e. The van der Waals surface area contributed by atoms with E-state index >= 15 is 0 Å². The van der Waals surface area contributed by atoms with E-state index < -0.39 is 12.3 Å². The fourth-order valence-electron chi connectivity index (χ4n) is 3.30. The van der Waals surface area contributed by atoms with E-state index in [2.05, 4.69) is 22.2 Å². The van der Waals surface area contributed by atoms with Crippen molar-refractivity contribution in [3.8, 4) is 11.5 Å². The Morgan fingerprint density at radius 1 is 1.18 bits per heavy atom. The summed E-state index contributed by atoms with van der Waals surface area (Å²) in [7, 11) is 1.58. The van der Waals surface area contributed by atoms with Crippen LogP contribution in [0.1, 0.15) is 49.4 Å². The molecule has 0 aliphatic heterocycles. The van der Waals surface area contributed by atoms with Gasteiger partial charge in [0.1, 0.15) is 23.9 Å². The number of carbonyl (C=O) groups excluding carboxylic acids is 1. The van der Waals surface area contributed by atoms with Crippen molar-refractivity contribution in [1.29, 1.82) is 0 Å². The van der Waals surface area contributed by atoms with Crippen LogP contribution >= 0.6 is 0 Å². The summed E-state index contributed by atoms with van der Waals surface area (Å²) in [5.74, 6) is -1.21. The number of aldehydes is 1. The molecule has 0 aliphatic carbocycles. The van der Waals surface area contributed by atoms with Gasteiger partial charge in [-0.15, -0.1) is 0 Å². The van der Waals surface area contributed by atoms with Crippen molar-refractivity contribution in [1.82, 2.24) is 9.97 Å². The average Bonchev–Trinajstić information content (AvgIpc) is 2.81. The van der Waals surface area contributed by atoms with E-state index in [-0.39, 0.29) is 32.1 Å². The Hall–Kier alpha value is -3.01. The summed E-state index contributed by atoms with van der Waals surface area (Å²) in [6.07, 6.45) is 2.82. The number of halogens is 2. The maximum Gasteiger partial charge on any atom is 0.304 e. The number of anilines is 2. The molecule has 3 N–H and O–H groups in total. The summed E-state index contributed by atoms with van der Waals surface area (Å²) in [5.41, 5.74) is 8.53. The molecular weight excluding hydrogens is 446 g/mol. The molecule has 2 aromatic rings. The molecule has 0 saturated carbocycles. The molecule has 0 spiro atoms. The van der Waals surface area contributed by atoms with E-state index in [1.807, 2.05) is 13.0 Å². The standard InChI is InChI=1S/C24H34F2N4O4/c1-4-5-6-10-28-22-20(17(2)29-23(27)30-22)14-18-7-8-19(15-21(18)32-3)34-13-12-33-11-9-24(25,26)16-31/h7-8,15-16H,4-6,9-14H2,1-3H3,(H3,27,28,29,30). The summed E-state index contributed by atoms with van der Waals surface area (Å²) in [6, 6.07) is 5.47. The first-order chi connectivity index (χ1) is 16.3. The number of unbranched alkanes of at least 4 members (excludes halogenated alkanes) is 2. The number of methoxy groups -OCH3 is 1. The molecule has 1 aromatic carbocycles. The van der Waals surface area contributed by atoms with Crippen LogP contribution in [0.15, 0.2) is 18.2 Å². The lowest BCUT2D eigenvalue weighted by molar-refractivity contribution is -0.131. The number of carbonyl (C=O) groups is 1. The second-order valence-corrected chi connectivity index (χ2v) is 7.87. The van der Waals surface area contributed by atoms with Crippen molar-refractivity contribution in [3.05, 3.63) is 35.0 Å². The number of nitrogens with two attached hydrogens (primary N) is 1. The molecule has 8 nitrogen and oxygen atoms in total. The molecule has 0 aliphatic rings. The zero-order valence-corrected chi connectivity index (χ0v) is 20.0. The molecule has 188 valence electrons. The van der Waals surface area contributed by atoms with Crippen molar-refractivity contribution >= 4 is 18.1 Å². The Morgan fingerprint density at radius 2 is 1.97 bits per heavy atom. The number of hydrogen-bond donors (Lipinski definition) is 2. The predicted octanol–water partition coefficient (Wildman–Crippen LogP) is 4.19. The van der Waals surface area contributed by atoms with E-state index in [1.165, 1.54) is 0 Å². The van der Waals surface area contributed by atoms with E-state index in [1.54, 1.807) is 19.2 Å².